The Morgan fingerprint density at radius 2 is 2.24 bits per heavy atom. The number of ether oxygens (including phenoxy) is 2. The molecule has 0 radical (unpaired) electrons. The highest BCUT2D eigenvalue weighted by atomic mass is 16.5. The van der Waals surface area contributed by atoms with E-state index in [1.165, 1.54) is 11.1 Å². The van der Waals surface area contributed by atoms with Gasteiger partial charge in [0.2, 0.25) is 0 Å². The molecule has 3 nitrogen and oxygen atoms in total. The molecule has 0 saturated heterocycles. The Morgan fingerprint density at radius 1 is 1.41 bits per heavy atom. The highest BCUT2D eigenvalue weighted by Crippen LogP contribution is 2.37. The first-order chi connectivity index (χ1) is 8.30. The van der Waals surface area contributed by atoms with E-state index in [1.54, 1.807) is 14.2 Å². The summed E-state index contributed by atoms with van der Waals surface area (Å²) >= 11 is 0. The number of rotatable bonds is 4. The van der Waals surface area contributed by atoms with E-state index in [-0.39, 0.29) is 0 Å². The minimum absolute atomic E-state index is 0.303. The van der Waals surface area contributed by atoms with Crippen molar-refractivity contribution in [2.75, 3.05) is 20.8 Å². The zero-order valence-electron chi connectivity index (χ0n) is 10.5. The highest BCUT2D eigenvalue weighted by Gasteiger charge is 2.23. The Morgan fingerprint density at radius 3 is 2.88 bits per heavy atom. The van der Waals surface area contributed by atoms with Gasteiger partial charge in [-0.15, -0.1) is 6.58 Å². The van der Waals surface area contributed by atoms with Crippen molar-refractivity contribution in [3.05, 3.63) is 35.9 Å². The van der Waals surface area contributed by atoms with Crippen LogP contribution in [-0.2, 0) is 6.42 Å². The van der Waals surface area contributed by atoms with Crippen LogP contribution in [0.4, 0.5) is 0 Å². The molecule has 0 spiro atoms. The van der Waals surface area contributed by atoms with Crippen LogP contribution in [-0.4, -0.2) is 20.8 Å². The Labute approximate surface area is 102 Å². The van der Waals surface area contributed by atoms with Crippen molar-refractivity contribution in [3.8, 4) is 11.5 Å². The van der Waals surface area contributed by atoms with E-state index in [0.717, 1.165) is 30.9 Å². The molecule has 17 heavy (non-hydrogen) atoms. The van der Waals surface area contributed by atoms with E-state index in [9.17, 15) is 0 Å². The first kappa shape index (κ1) is 12.0. The maximum atomic E-state index is 5.48. The molecular formula is C14H19NO2. The Bertz CT molecular complexity index is 398. The monoisotopic (exact) mass is 233 g/mol. The zero-order chi connectivity index (χ0) is 12.3. The van der Waals surface area contributed by atoms with Crippen molar-refractivity contribution in [2.24, 2.45) is 0 Å². The molecule has 0 amide bonds. The molecule has 0 aliphatic carbocycles. The van der Waals surface area contributed by atoms with Gasteiger partial charge in [-0.2, -0.15) is 0 Å². The smallest absolute Gasteiger partial charge is 0.127 e. The molecule has 0 fully saturated rings. The summed E-state index contributed by atoms with van der Waals surface area (Å²) in [4.78, 5) is 0. The van der Waals surface area contributed by atoms with Gasteiger partial charge in [0.05, 0.1) is 14.2 Å². The van der Waals surface area contributed by atoms with E-state index in [0.29, 0.717) is 6.04 Å². The fourth-order valence-corrected chi connectivity index (χ4v) is 2.40. The number of hydrogen-bond donors (Lipinski definition) is 1. The van der Waals surface area contributed by atoms with E-state index in [4.69, 9.17) is 9.47 Å². The van der Waals surface area contributed by atoms with Gasteiger partial charge < -0.3 is 14.8 Å². The largest absolute Gasteiger partial charge is 0.497 e. The van der Waals surface area contributed by atoms with Crippen molar-refractivity contribution in [1.82, 2.24) is 5.32 Å². The molecule has 0 aromatic heterocycles. The number of nitrogens with one attached hydrogen (secondary N) is 1. The summed E-state index contributed by atoms with van der Waals surface area (Å²) in [6.07, 6.45) is 3.86. The normalized spacial score (nSPS) is 18.4. The second-order valence-electron chi connectivity index (χ2n) is 4.18. The van der Waals surface area contributed by atoms with Gasteiger partial charge in [0.1, 0.15) is 11.5 Å². The van der Waals surface area contributed by atoms with Crippen LogP contribution in [0, 0.1) is 0 Å². The first-order valence-electron chi connectivity index (χ1n) is 5.89. The molecular weight excluding hydrogens is 214 g/mol. The lowest BCUT2D eigenvalue weighted by Gasteiger charge is -2.28. The van der Waals surface area contributed by atoms with E-state index >= 15 is 0 Å². The summed E-state index contributed by atoms with van der Waals surface area (Å²) in [7, 11) is 3.39. The van der Waals surface area contributed by atoms with Crippen molar-refractivity contribution >= 4 is 0 Å². The molecule has 1 N–H and O–H groups in total. The molecule has 0 bridgehead atoms. The average Bonchev–Trinajstić information content (AvgIpc) is 2.38. The van der Waals surface area contributed by atoms with Crippen molar-refractivity contribution in [1.29, 1.82) is 0 Å². The summed E-state index contributed by atoms with van der Waals surface area (Å²) in [6, 6.07) is 4.36. The van der Waals surface area contributed by atoms with Gasteiger partial charge in [-0.1, -0.05) is 6.08 Å². The van der Waals surface area contributed by atoms with E-state index in [2.05, 4.69) is 18.0 Å². The highest BCUT2D eigenvalue weighted by molar-refractivity contribution is 5.49. The lowest BCUT2D eigenvalue weighted by atomic mass is 9.91. The average molecular weight is 233 g/mol. The van der Waals surface area contributed by atoms with Crippen LogP contribution in [0.15, 0.2) is 24.8 Å². The van der Waals surface area contributed by atoms with Gasteiger partial charge in [-0.05, 0) is 31.0 Å². The van der Waals surface area contributed by atoms with Gasteiger partial charge in [-0.25, -0.2) is 0 Å². The number of methoxy groups -OCH3 is 2. The van der Waals surface area contributed by atoms with E-state index < -0.39 is 0 Å². The van der Waals surface area contributed by atoms with Gasteiger partial charge >= 0.3 is 0 Å². The van der Waals surface area contributed by atoms with Gasteiger partial charge in [-0.3, -0.25) is 0 Å². The minimum Gasteiger partial charge on any atom is -0.497 e. The molecule has 1 aliphatic rings. The lowest BCUT2D eigenvalue weighted by molar-refractivity contribution is 0.377. The molecule has 2 rings (SSSR count). The van der Waals surface area contributed by atoms with Gasteiger partial charge in [0.15, 0.2) is 0 Å². The second-order valence-corrected chi connectivity index (χ2v) is 4.18. The molecule has 1 aliphatic heterocycles. The summed E-state index contributed by atoms with van der Waals surface area (Å²) in [5, 5.41) is 3.50. The van der Waals surface area contributed by atoms with Crippen LogP contribution in [0.2, 0.25) is 0 Å². The van der Waals surface area contributed by atoms with E-state index in [1.807, 2.05) is 12.1 Å². The van der Waals surface area contributed by atoms with Crippen molar-refractivity contribution in [3.63, 3.8) is 0 Å². The molecule has 1 heterocycles. The fraction of sp³-hybridized carbons (Fsp3) is 0.429. The predicted octanol–water partition coefficient (Wildman–Crippen LogP) is 2.47. The third-order valence-corrected chi connectivity index (χ3v) is 3.19. The van der Waals surface area contributed by atoms with Crippen molar-refractivity contribution < 1.29 is 9.47 Å². The molecule has 0 unspecified atom stereocenters. The van der Waals surface area contributed by atoms with Crippen LogP contribution < -0.4 is 14.8 Å². The maximum Gasteiger partial charge on any atom is 0.127 e. The second kappa shape index (κ2) is 5.23. The molecule has 1 atom stereocenters. The van der Waals surface area contributed by atoms with Crippen LogP contribution in [0.1, 0.15) is 23.6 Å². The third kappa shape index (κ3) is 2.29. The molecule has 0 saturated carbocycles. The topological polar surface area (TPSA) is 30.5 Å². The number of fused-ring (bicyclic) bond motifs is 1. The summed E-state index contributed by atoms with van der Waals surface area (Å²) < 4.78 is 10.8. The van der Waals surface area contributed by atoms with Crippen LogP contribution in [0.25, 0.3) is 0 Å². The Kier molecular flexibility index (Phi) is 3.69. The third-order valence-electron chi connectivity index (χ3n) is 3.19. The molecule has 3 heteroatoms. The standard InChI is InChI=1S/C14H19NO2/c1-4-5-12-14-10(6-7-15-12)8-11(16-2)9-13(14)17-3/h4,8-9,12,15H,1,5-7H2,2-3H3/t12-/m1/s1. The zero-order valence-corrected chi connectivity index (χ0v) is 10.5. The quantitative estimate of drug-likeness (QED) is 0.810. The van der Waals surface area contributed by atoms with Crippen LogP contribution >= 0.6 is 0 Å². The molecule has 1 aromatic carbocycles. The fourth-order valence-electron chi connectivity index (χ4n) is 2.40. The summed E-state index contributed by atoms with van der Waals surface area (Å²) in [6.45, 7) is 4.80. The molecule has 92 valence electrons. The summed E-state index contributed by atoms with van der Waals surface area (Å²) in [5.74, 6) is 1.76. The lowest BCUT2D eigenvalue weighted by Crippen LogP contribution is -2.30. The molecule has 1 aromatic rings. The summed E-state index contributed by atoms with van der Waals surface area (Å²) in [5.41, 5.74) is 2.56. The number of hydrogen-bond acceptors (Lipinski definition) is 3. The Balaban J connectivity index is 2.47. The van der Waals surface area contributed by atoms with Crippen LogP contribution in [0.5, 0.6) is 11.5 Å². The van der Waals surface area contributed by atoms with Gasteiger partial charge in [0.25, 0.3) is 0 Å². The Hall–Kier alpha value is -1.48. The minimum atomic E-state index is 0.303. The number of benzene rings is 1. The maximum absolute atomic E-state index is 5.48. The van der Waals surface area contributed by atoms with Crippen LogP contribution in [0.3, 0.4) is 0 Å². The SMILES string of the molecule is C=CC[C@H]1NCCc2cc(OC)cc(OC)c21. The van der Waals surface area contributed by atoms with Gasteiger partial charge in [0, 0.05) is 17.7 Å². The first-order valence-corrected chi connectivity index (χ1v) is 5.89. The predicted molar refractivity (Wildman–Crippen MR) is 68.8 cm³/mol. The van der Waals surface area contributed by atoms with Crippen molar-refractivity contribution in [2.45, 2.75) is 18.9 Å².